The number of nitrogens with one attached hydrogen (secondary N) is 2. The van der Waals surface area contributed by atoms with Gasteiger partial charge in [-0.1, -0.05) is 6.92 Å². The van der Waals surface area contributed by atoms with Crippen molar-refractivity contribution in [1.29, 1.82) is 0 Å². The number of carbonyl (C=O) groups excluding carboxylic acids is 1. The molecule has 3 aromatic heterocycles. The standard InChI is InChI=1S/C22H26N6O2/c1-3-16-11-19-20(26-21(16)29)10-15(12-24-19)14-27-6-8-28(9-7-27)17-4-5-18(25-13-17)22(30)23-2/h4-5,10-13H,3,6-9,14H2,1-2H3,(H,23,30)(H,26,29)/i2D3,14D2. The van der Waals surface area contributed by atoms with Crippen molar-refractivity contribution >= 4 is 22.6 Å². The van der Waals surface area contributed by atoms with E-state index in [4.69, 9.17) is 6.85 Å². The molecular weight excluding hydrogens is 380 g/mol. The number of anilines is 1. The van der Waals surface area contributed by atoms with E-state index in [0.29, 0.717) is 54.8 Å². The van der Waals surface area contributed by atoms with Gasteiger partial charge in [0.25, 0.3) is 11.5 Å². The average Bonchev–Trinajstić information content (AvgIpc) is 2.82. The second-order valence-corrected chi connectivity index (χ2v) is 7.08. The van der Waals surface area contributed by atoms with Gasteiger partial charge in [0.2, 0.25) is 0 Å². The molecule has 1 aliphatic rings. The van der Waals surface area contributed by atoms with Gasteiger partial charge < -0.3 is 15.2 Å². The fraction of sp³-hybridized carbons (Fsp3) is 0.364. The number of aromatic amines is 1. The summed E-state index contributed by atoms with van der Waals surface area (Å²) in [4.78, 5) is 39.1. The summed E-state index contributed by atoms with van der Waals surface area (Å²) in [6.07, 6.45) is 3.61. The van der Waals surface area contributed by atoms with Gasteiger partial charge in [-0.15, -0.1) is 0 Å². The van der Waals surface area contributed by atoms with E-state index in [0.717, 1.165) is 5.69 Å². The lowest BCUT2D eigenvalue weighted by molar-refractivity contribution is 0.0958. The van der Waals surface area contributed by atoms with Crippen LogP contribution in [0.2, 0.25) is 0 Å². The normalized spacial score (nSPS) is 18.2. The number of carbonyl (C=O) groups is 1. The van der Waals surface area contributed by atoms with Gasteiger partial charge in [0.15, 0.2) is 0 Å². The first-order valence-corrected chi connectivity index (χ1v) is 9.79. The van der Waals surface area contributed by atoms with Gasteiger partial charge in [0.1, 0.15) is 5.69 Å². The maximum absolute atomic E-state index is 12.2. The molecule has 1 saturated heterocycles. The molecular formula is C22H26N6O2. The first-order valence-electron chi connectivity index (χ1n) is 12.3. The molecule has 0 bridgehead atoms. The molecule has 0 aromatic carbocycles. The molecule has 4 heterocycles. The van der Waals surface area contributed by atoms with Gasteiger partial charge in [-0.05, 0) is 36.2 Å². The Morgan fingerprint density at radius 2 is 2.07 bits per heavy atom. The largest absolute Gasteiger partial charge is 0.368 e. The van der Waals surface area contributed by atoms with E-state index in [9.17, 15) is 9.59 Å². The molecule has 4 rings (SSSR count). The third kappa shape index (κ3) is 4.18. The third-order valence-electron chi connectivity index (χ3n) is 5.18. The first-order chi connectivity index (χ1) is 16.5. The zero-order valence-corrected chi connectivity index (χ0v) is 16.6. The van der Waals surface area contributed by atoms with E-state index >= 15 is 0 Å². The van der Waals surface area contributed by atoms with Crippen LogP contribution in [0.4, 0.5) is 5.69 Å². The SMILES string of the molecule is [2H]C([2H])([2H])NC(=O)c1ccc(N2CCN(C([2H])([2H])c3cnc4cc(CC)c(=O)[nH]c4c3)CC2)cn1. The number of hydrogen-bond acceptors (Lipinski definition) is 6. The van der Waals surface area contributed by atoms with Crippen LogP contribution in [0.3, 0.4) is 0 Å². The van der Waals surface area contributed by atoms with E-state index in [1.807, 2.05) is 17.1 Å². The van der Waals surface area contributed by atoms with Crippen LogP contribution in [0.15, 0.2) is 41.5 Å². The molecule has 8 nitrogen and oxygen atoms in total. The summed E-state index contributed by atoms with van der Waals surface area (Å²) < 4.78 is 38.8. The van der Waals surface area contributed by atoms with Gasteiger partial charge in [0.05, 0.1) is 22.9 Å². The monoisotopic (exact) mass is 411 g/mol. The first kappa shape index (κ1) is 14.7. The van der Waals surface area contributed by atoms with Gasteiger partial charge in [0, 0.05) is 58.3 Å². The minimum Gasteiger partial charge on any atom is -0.368 e. The summed E-state index contributed by atoms with van der Waals surface area (Å²) in [6.45, 7) is -0.566. The molecule has 0 radical (unpaired) electrons. The number of H-pyrrole nitrogens is 1. The molecule has 1 amide bonds. The number of amides is 1. The Morgan fingerprint density at radius 3 is 2.77 bits per heavy atom. The Labute approximate surface area is 182 Å². The number of pyridine rings is 3. The molecule has 0 unspecified atom stereocenters. The zero-order chi connectivity index (χ0) is 25.4. The number of hydrogen-bond donors (Lipinski definition) is 2. The van der Waals surface area contributed by atoms with E-state index < -0.39 is 19.4 Å². The lowest BCUT2D eigenvalue weighted by Gasteiger charge is -2.36. The summed E-state index contributed by atoms with van der Waals surface area (Å²) in [5.41, 5.74) is 2.70. The molecule has 8 heteroatoms. The van der Waals surface area contributed by atoms with Crippen molar-refractivity contribution in [1.82, 2.24) is 25.2 Å². The van der Waals surface area contributed by atoms with E-state index in [1.165, 1.54) is 18.5 Å². The molecule has 156 valence electrons. The zero-order valence-electron chi connectivity index (χ0n) is 21.6. The van der Waals surface area contributed by atoms with Crippen LogP contribution in [0.25, 0.3) is 11.0 Å². The highest BCUT2D eigenvalue weighted by molar-refractivity contribution is 5.92. The van der Waals surface area contributed by atoms with Crippen molar-refractivity contribution in [2.45, 2.75) is 19.8 Å². The summed E-state index contributed by atoms with van der Waals surface area (Å²) in [5, 5.41) is 1.90. The van der Waals surface area contributed by atoms with Crippen LogP contribution in [0, 0.1) is 0 Å². The van der Waals surface area contributed by atoms with Crippen LogP contribution in [0.5, 0.6) is 0 Å². The fourth-order valence-electron chi connectivity index (χ4n) is 3.48. The van der Waals surface area contributed by atoms with Crippen LogP contribution in [-0.2, 0) is 12.9 Å². The van der Waals surface area contributed by atoms with Gasteiger partial charge in [-0.3, -0.25) is 19.5 Å². The smallest absolute Gasteiger partial charge is 0.269 e. The summed E-state index contributed by atoms with van der Waals surface area (Å²) in [6, 6.07) is 6.54. The lowest BCUT2D eigenvalue weighted by atomic mass is 10.1. The maximum atomic E-state index is 12.2. The van der Waals surface area contributed by atoms with Crippen LogP contribution < -0.4 is 15.8 Å². The van der Waals surface area contributed by atoms with E-state index in [1.54, 1.807) is 23.1 Å². The minimum absolute atomic E-state index is 0.00717. The molecule has 1 fully saturated rings. The highest BCUT2D eigenvalue weighted by Gasteiger charge is 2.18. The number of piperazine rings is 1. The predicted molar refractivity (Wildman–Crippen MR) is 117 cm³/mol. The number of aromatic nitrogens is 3. The Balaban J connectivity index is 1.44. The number of rotatable bonds is 5. The Morgan fingerprint density at radius 1 is 1.23 bits per heavy atom. The number of aryl methyl sites for hydroxylation is 1. The lowest BCUT2D eigenvalue weighted by Crippen LogP contribution is -2.46. The molecule has 1 aliphatic heterocycles. The number of nitrogens with zero attached hydrogens (tertiary/aromatic N) is 4. The second kappa shape index (κ2) is 8.62. The fourth-order valence-corrected chi connectivity index (χ4v) is 3.48. The van der Waals surface area contributed by atoms with Crippen molar-refractivity contribution in [2.24, 2.45) is 0 Å². The van der Waals surface area contributed by atoms with Crippen LogP contribution >= 0.6 is 0 Å². The summed E-state index contributed by atoms with van der Waals surface area (Å²) in [7, 11) is 0. The van der Waals surface area contributed by atoms with E-state index in [2.05, 4.69) is 15.0 Å². The molecule has 30 heavy (non-hydrogen) atoms. The highest BCUT2D eigenvalue weighted by Crippen LogP contribution is 2.18. The molecule has 0 saturated carbocycles. The van der Waals surface area contributed by atoms with Crippen LogP contribution in [0.1, 0.15) is 35.4 Å². The summed E-state index contributed by atoms with van der Waals surface area (Å²) in [5.74, 6) is -0.772. The van der Waals surface area contributed by atoms with Gasteiger partial charge in [-0.2, -0.15) is 0 Å². The highest BCUT2D eigenvalue weighted by atomic mass is 16.1. The van der Waals surface area contributed by atoms with Crippen molar-refractivity contribution in [3.8, 4) is 0 Å². The topological polar surface area (TPSA) is 94.2 Å². The quantitative estimate of drug-likeness (QED) is 0.662. The molecule has 0 atom stereocenters. The van der Waals surface area contributed by atoms with Crippen molar-refractivity contribution in [3.05, 3.63) is 63.8 Å². The Kier molecular flexibility index (Phi) is 4.22. The molecule has 2 N–H and O–H groups in total. The molecule has 0 spiro atoms. The Hall–Kier alpha value is -3.26. The predicted octanol–water partition coefficient (Wildman–Crippen LogP) is 1.56. The average molecular weight is 412 g/mol. The minimum atomic E-state index is -2.58. The van der Waals surface area contributed by atoms with Crippen molar-refractivity contribution in [2.75, 3.05) is 38.1 Å². The number of fused-ring (bicyclic) bond motifs is 1. The molecule has 3 aromatic rings. The third-order valence-corrected chi connectivity index (χ3v) is 5.18. The second-order valence-electron chi connectivity index (χ2n) is 7.08. The van der Waals surface area contributed by atoms with Gasteiger partial charge in [-0.25, -0.2) is 4.98 Å². The summed E-state index contributed by atoms with van der Waals surface area (Å²) >= 11 is 0. The van der Waals surface area contributed by atoms with E-state index in [-0.39, 0.29) is 11.3 Å². The maximum Gasteiger partial charge on any atom is 0.269 e. The molecule has 0 aliphatic carbocycles. The van der Waals surface area contributed by atoms with Crippen molar-refractivity contribution < 1.29 is 11.6 Å². The van der Waals surface area contributed by atoms with Crippen LogP contribution in [-0.4, -0.2) is 58.9 Å². The van der Waals surface area contributed by atoms with Gasteiger partial charge >= 0.3 is 0 Å². The Bertz CT molecular complexity index is 1280. The van der Waals surface area contributed by atoms with Crippen molar-refractivity contribution in [3.63, 3.8) is 0 Å².